The molecule has 1 unspecified atom stereocenters. The first kappa shape index (κ1) is 16.3. The van der Waals surface area contributed by atoms with Gasteiger partial charge in [-0.3, -0.25) is 0 Å². The number of carbonyl (C=O) groups excluding carboxylic acids is 1. The Morgan fingerprint density at radius 3 is 2.73 bits per heavy atom. The Kier molecular flexibility index (Phi) is 6.18. The van der Waals surface area contributed by atoms with Gasteiger partial charge in [0.05, 0.1) is 12.7 Å². The molecule has 0 saturated heterocycles. The Bertz CT molecular complexity index is 616. The van der Waals surface area contributed by atoms with Crippen LogP contribution in [0.5, 0.6) is 0 Å². The molecular weight excluding hydrogens is 280 g/mol. The van der Waals surface area contributed by atoms with Crippen LogP contribution < -0.4 is 10.6 Å². The molecule has 0 aliphatic carbocycles. The van der Waals surface area contributed by atoms with Gasteiger partial charge in [-0.2, -0.15) is 0 Å². The molecule has 118 valence electrons. The second-order valence-electron chi connectivity index (χ2n) is 5.19. The molecule has 2 aromatic carbocycles. The zero-order valence-corrected chi connectivity index (χ0v) is 12.7. The predicted molar refractivity (Wildman–Crippen MR) is 86.7 cm³/mol. The summed E-state index contributed by atoms with van der Waals surface area (Å²) in [6, 6.07) is 14.0. The first-order valence-corrected chi connectivity index (χ1v) is 7.35. The van der Waals surface area contributed by atoms with Crippen LogP contribution >= 0.6 is 0 Å². The van der Waals surface area contributed by atoms with Crippen molar-refractivity contribution in [3.63, 3.8) is 0 Å². The number of amides is 2. The smallest absolute Gasteiger partial charge is 0.315 e. The minimum atomic E-state index is -0.550. The lowest BCUT2D eigenvalue weighted by molar-refractivity contribution is 0.0598. The first-order chi connectivity index (χ1) is 10.7. The molecule has 0 radical (unpaired) electrons. The fraction of sp³-hybridized carbons (Fsp3) is 0.353. The largest absolute Gasteiger partial charge is 0.391 e. The van der Waals surface area contributed by atoms with Gasteiger partial charge in [0.15, 0.2) is 0 Å². The maximum absolute atomic E-state index is 11.7. The van der Waals surface area contributed by atoms with Crippen LogP contribution in [-0.2, 0) is 11.3 Å². The molecule has 5 heteroatoms. The van der Waals surface area contributed by atoms with Crippen molar-refractivity contribution < 1.29 is 14.6 Å². The molecule has 0 aromatic heterocycles. The summed E-state index contributed by atoms with van der Waals surface area (Å²) in [4.78, 5) is 11.7. The Labute approximate surface area is 130 Å². The number of ether oxygens (including phenoxy) is 1. The fourth-order valence-electron chi connectivity index (χ4n) is 2.22. The van der Waals surface area contributed by atoms with Crippen molar-refractivity contribution in [1.82, 2.24) is 10.6 Å². The minimum Gasteiger partial charge on any atom is -0.391 e. The third kappa shape index (κ3) is 5.02. The number of rotatable bonds is 7. The number of carbonyl (C=O) groups is 1. The standard InChI is InChI=1S/C17H22N2O3/c1-22-12-16(20)8-9-18-17(21)19-11-13-6-7-14-4-2-3-5-15(14)10-13/h2-7,10,16,20H,8-9,11-12H2,1H3,(H2,18,19,21). The molecule has 3 N–H and O–H groups in total. The average Bonchev–Trinajstić information content (AvgIpc) is 2.53. The van der Waals surface area contributed by atoms with E-state index in [2.05, 4.69) is 28.8 Å². The van der Waals surface area contributed by atoms with Crippen LogP contribution in [-0.4, -0.2) is 37.5 Å². The highest BCUT2D eigenvalue weighted by Crippen LogP contribution is 2.15. The number of urea groups is 1. The summed E-state index contributed by atoms with van der Waals surface area (Å²) in [6.07, 6.45) is -0.0807. The van der Waals surface area contributed by atoms with Crippen LogP contribution in [0.15, 0.2) is 42.5 Å². The summed E-state index contributed by atoms with van der Waals surface area (Å²) in [7, 11) is 1.53. The third-order valence-corrected chi connectivity index (χ3v) is 3.39. The van der Waals surface area contributed by atoms with Crippen LogP contribution in [0.4, 0.5) is 4.79 Å². The van der Waals surface area contributed by atoms with E-state index in [-0.39, 0.29) is 12.6 Å². The van der Waals surface area contributed by atoms with Crippen LogP contribution in [0.2, 0.25) is 0 Å². The van der Waals surface area contributed by atoms with Crippen molar-refractivity contribution in [1.29, 1.82) is 0 Å². The maximum Gasteiger partial charge on any atom is 0.315 e. The molecule has 0 aliphatic rings. The van der Waals surface area contributed by atoms with Gasteiger partial charge in [0.25, 0.3) is 0 Å². The SMILES string of the molecule is COCC(O)CCNC(=O)NCc1ccc2ccccc2c1. The Hall–Kier alpha value is -2.11. The zero-order valence-electron chi connectivity index (χ0n) is 12.7. The van der Waals surface area contributed by atoms with Gasteiger partial charge in [0, 0.05) is 20.2 Å². The number of aliphatic hydroxyl groups excluding tert-OH is 1. The molecule has 0 bridgehead atoms. The number of hydrogen-bond acceptors (Lipinski definition) is 3. The van der Waals surface area contributed by atoms with E-state index in [1.165, 1.54) is 12.5 Å². The number of nitrogens with one attached hydrogen (secondary N) is 2. The molecule has 1 atom stereocenters. The molecule has 0 heterocycles. The molecule has 0 saturated carbocycles. The molecule has 2 aromatic rings. The van der Waals surface area contributed by atoms with Crippen LogP contribution in [0.25, 0.3) is 10.8 Å². The maximum atomic E-state index is 11.7. The quantitative estimate of drug-likeness (QED) is 0.733. The van der Waals surface area contributed by atoms with E-state index in [1.807, 2.05) is 24.3 Å². The molecule has 2 amide bonds. The lowest BCUT2D eigenvalue weighted by Gasteiger charge is -2.11. The lowest BCUT2D eigenvalue weighted by atomic mass is 10.1. The third-order valence-electron chi connectivity index (χ3n) is 3.39. The van der Waals surface area contributed by atoms with Crippen LogP contribution in [0.3, 0.4) is 0 Å². The Balaban J connectivity index is 1.75. The van der Waals surface area contributed by atoms with Crippen molar-refractivity contribution >= 4 is 16.8 Å². The van der Waals surface area contributed by atoms with Crippen LogP contribution in [0.1, 0.15) is 12.0 Å². The summed E-state index contributed by atoms with van der Waals surface area (Å²) in [5.41, 5.74) is 1.05. The highest BCUT2D eigenvalue weighted by Gasteiger charge is 2.05. The van der Waals surface area contributed by atoms with Crippen molar-refractivity contribution in [3.8, 4) is 0 Å². The van der Waals surface area contributed by atoms with Gasteiger partial charge in [0.2, 0.25) is 0 Å². The number of aliphatic hydroxyl groups is 1. The molecular formula is C17H22N2O3. The lowest BCUT2D eigenvalue weighted by Crippen LogP contribution is -2.36. The summed E-state index contributed by atoms with van der Waals surface area (Å²) in [5, 5.41) is 17.3. The normalized spacial score (nSPS) is 12.1. The van der Waals surface area contributed by atoms with Crippen molar-refractivity contribution in [2.24, 2.45) is 0 Å². The molecule has 5 nitrogen and oxygen atoms in total. The van der Waals surface area contributed by atoms with E-state index in [9.17, 15) is 9.90 Å². The summed E-state index contributed by atoms with van der Waals surface area (Å²) in [5.74, 6) is 0. The van der Waals surface area contributed by atoms with E-state index in [0.717, 1.165) is 10.9 Å². The number of fused-ring (bicyclic) bond motifs is 1. The Morgan fingerprint density at radius 1 is 1.18 bits per heavy atom. The summed E-state index contributed by atoms with van der Waals surface area (Å²) in [6.45, 7) is 1.16. The summed E-state index contributed by atoms with van der Waals surface area (Å²) >= 11 is 0. The molecule has 2 rings (SSSR count). The van der Waals surface area contributed by atoms with E-state index < -0.39 is 6.10 Å². The fourth-order valence-corrected chi connectivity index (χ4v) is 2.22. The van der Waals surface area contributed by atoms with Crippen molar-refractivity contribution in [2.75, 3.05) is 20.3 Å². The first-order valence-electron chi connectivity index (χ1n) is 7.35. The highest BCUT2D eigenvalue weighted by atomic mass is 16.5. The van der Waals surface area contributed by atoms with Crippen molar-refractivity contribution in [3.05, 3.63) is 48.0 Å². The van der Waals surface area contributed by atoms with Gasteiger partial charge in [0.1, 0.15) is 0 Å². The summed E-state index contributed by atoms with van der Waals surface area (Å²) < 4.78 is 4.82. The van der Waals surface area contributed by atoms with Gasteiger partial charge in [-0.15, -0.1) is 0 Å². The zero-order chi connectivity index (χ0) is 15.8. The van der Waals surface area contributed by atoms with E-state index >= 15 is 0 Å². The van der Waals surface area contributed by atoms with E-state index in [1.54, 1.807) is 0 Å². The molecule has 22 heavy (non-hydrogen) atoms. The number of methoxy groups -OCH3 is 1. The van der Waals surface area contributed by atoms with Gasteiger partial charge in [-0.1, -0.05) is 36.4 Å². The molecule has 0 spiro atoms. The van der Waals surface area contributed by atoms with Crippen molar-refractivity contribution in [2.45, 2.75) is 19.1 Å². The van der Waals surface area contributed by atoms with E-state index in [4.69, 9.17) is 4.74 Å². The van der Waals surface area contributed by atoms with Crippen LogP contribution in [0, 0.1) is 0 Å². The number of hydrogen-bond donors (Lipinski definition) is 3. The van der Waals surface area contributed by atoms with Gasteiger partial charge < -0.3 is 20.5 Å². The second-order valence-corrected chi connectivity index (χ2v) is 5.19. The Morgan fingerprint density at radius 2 is 1.95 bits per heavy atom. The highest BCUT2D eigenvalue weighted by molar-refractivity contribution is 5.83. The van der Waals surface area contributed by atoms with Gasteiger partial charge in [-0.05, 0) is 28.8 Å². The van der Waals surface area contributed by atoms with Gasteiger partial charge >= 0.3 is 6.03 Å². The van der Waals surface area contributed by atoms with E-state index in [0.29, 0.717) is 19.5 Å². The minimum absolute atomic E-state index is 0.238. The molecule has 0 aliphatic heterocycles. The predicted octanol–water partition coefficient (Wildman–Crippen LogP) is 2.04. The van der Waals surface area contributed by atoms with Gasteiger partial charge in [-0.25, -0.2) is 4.79 Å². The monoisotopic (exact) mass is 302 g/mol. The topological polar surface area (TPSA) is 70.6 Å². The molecule has 0 fully saturated rings. The second kappa shape index (κ2) is 8.36. The average molecular weight is 302 g/mol. The number of benzene rings is 2.